The van der Waals surface area contributed by atoms with Gasteiger partial charge in [-0.15, -0.1) is 0 Å². The van der Waals surface area contributed by atoms with Gasteiger partial charge >= 0.3 is 0 Å². The van der Waals surface area contributed by atoms with Gasteiger partial charge in [-0.05, 0) is 26.3 Å². The molecule has 0 amide bonds. The molecule has 0 spiro atoms. The summed E-state index contributed by atoms with van der Waals surface area (Å²) in [6, 6.07) is 0.500. The van der Waals surface area contributed by atoms with Gasteiger partial charge in [0.25, 0.3) is 0 Å². The summed E-state index contributed by atoms with van der Waals surface area (Å²) in [6.07, 6.45) is 3.80. The first-order chi connectivity index (χ1) is 4.66. The van der Waals surface area contributed by atoms with E-state index in [9.17, 15) is 0 Å². The van der Waals surface area contributed by atoms with Crippen LogP contribution in [0, 0.1) is 0 Å². The maximum Gasteiger partial charge on any atom is 0.0277 e. The molecule has 0 aliphatic heterocycles. The van der Waals surface area contributed by atoms with E-state index < -0.39 is 0 Å². The third-order valence-corrected chi connectivity index (χ3v) is 0.977. The second-order valence-electron chi connectivity index (χ2n) is 2.60. The van der Waals surface area contributed by atoms with Crippen LogP contribution in [0.4, 0.5) is 0 Å². The molecule has 2 heteroatoms. The van der Waals surface area contributed by atoms with E-state index in [4.69, 9.17) is 0 Å². The van der Waals surface area contributed by atoms with Crippen LogP contribution in [-0.2, 0) is 0 Å². The van der Waals surface area contributed by atoms with Crippen LogP contribution in [0.2, 0.25) is 0 Å². The molecule has 0 unspecified atom stereocenters. The van der Waals surface area contributed by atoms with E-state index in [2.05, 4.69) is 24.2 Å². The summed E-state index contributed by atoms with van der Waals surface area (Å²) in [6.45, 7) is 6.22. The van der Waals surface area contributed by atoms with Crippen molar-refractivity contribution in [3.8, 4) is 0 Å². The van der Waals surface area contributed by atoms with E-state index in [0.717, 1.165) is 5.57 Å². The summed E-state index contributed by atoms with van der Waals surface area (Å²) in [5.74, 6) is 0. The summed E-state index contributed by atoms with van der Waals surface area (Å²) in [5.41, 5.74) is 1.15. The summed E-state index contributed by atoms with van der Waals surface area (Å²) >= 11 is 0. The minimum absolute atomic E-state index is 0.500. The molecule has 0 aliphatic rings. The summed E-state index contributed by atoms with van der Waals surface area (Å²) in [7, 11) is 1.77. The molecule has 0 aromatic carbocycles. The van der Waals surface area contributed by atoms with Crippen LogP contribution in [-0.4, -0.2) is 19.3 Å². The van der Waals surface area contributed by atoms with Crippen LogP contribution in [0.1, 0.15) is 20.8 Å². The topological polar surface area (TPSA) is 24.4 Å². The predicted molar refractivity (Wildman–Crippen MR) is 46.4 cm³/mol. The van der Waals surface area contributed by atoms with Gasteiger partial charge in [-0.25, -0.2) is 0 Å². The van der Waals surface area contributed by atoms with Crippen molar-refractivity contribution >= 4 is 6.21 Å². The van der Waals surface area contributed by atoms with Crippen molar-refractivity contribution in [3.63, 3.8) is 0 Å². The number of hydrogen-bond donors (Lipinski definition) is 1. The molecular formula is C8H16N2. The van der Waals surface area contributed by atoms with Crippen LogP contribution in [0.15, 0.2) is 16.8 Å². The maximum absolute atomic E-state index is 3.88. The van der Waals surface area contributed by atoms with Gasteiger partial charge < -0.3 is 5.32 Å². The molecule has 0 heterocycles. The van der Waals surface area contributed by atoms with Gasteiger partial charge in [-0.3, -0.25) is 4.99 Å². The number of allylic oxidation sites excluding steroid dienone is 1. The van der Waals surface area contributed by atoms with Gasteiger partial charge in [0.1, 0.15) is 0 Å². The highest BCUT2D eigenvalue weighted by Gasteiger charge is 1.85. The molecule has 58 valence electrons. The van der Waals surface area contributed by atoms with Gasteiger partial charge in [-0.1, -0.05) is 0 Å². The SMILES string of the molecule is C/N=C\C(C)=C/NC(C)C. The largest absolute Gasteiger partial charge is 0.388 e. The highest BCUT2D eigenvalue weighted by molar-refractivity contribution is 5.77. The summed E-state index contributed by atoms with van der Waals surface area (Å²) < 4.78 is 0. The fraction of sp³-hybridized carbons (Fsp3) is 0.625. The smallest absolute Gasteiger partial charge is 0.0277 e. The highest BCUT2D eigenvalue weighted by atomic mass is 14.9. The third-order valence-electron chi connectivity index (χ3n) is 0.977. The number of hydrogen-bond acceptors (Lipinski definition) is 2. The number of rotatable bonds is 3. The summed E-state index contributed by atoms with van der Waals surface area (Å²) in [5, 5.41) is 3.18. The Labute approximate surface area is 63.0 Å². The first kappa shape index (κ1) is 9.21. The molecule has 1 N–H and O–H groups in total. The molecule has 0 aromatic rings. The van der Waals surface area contributed by atoms with Crippen LogP contribution in [0.3, 0.4) is 0 Å². The predicted octanol–water partition coefficient (Wildman–Crippen LogP) is 1.59. The molecule has 0 aromatic heterocycles. The van der Waals surface area contributed by atoms with Gasteiger partial charge in [0.15, 0.2) is 0 Å². The number of nitrogens with one attached hydrogen (secondary N) is 1. The Morgan fingerprint density at radius 1 is 1.50 bits per heavy atom. The lowest BCUT2D eigenvalue weighted by Gasteiger charge is -2.03. The molecule has 2 nitrogen and oxygen atoms in total. The maximum atomic E-state index is 3.88. The van der Waals surface area contributed by atoms with Gasteiger partial charge in [0.2, 0.25) is 0 Å². The second kappa shape index (κ2) is 5.03. The molecule has 0 rings (SSSR count). The first-order valence-electron chi connectivity index (χ1n) is 3.51. The normalized spacial score (nSPS) is 13.1. The minimum atomic E-state index is 0.500. The fourth-order valence-electron chi connectivity index (χ4n) is 0.539. The van der Waals surface area contributed by atoms with Crippen molar-refractivity contribution in [1.29, 1.82) is 0 Å². The lowest BCUT2D eigenvalue weighted by molar-refractivity contribution is 0.700. The fourth-order valence-corrected chi connectivity index (χ4v) is 0.539. The average molecular weight is 140 g/mol. The Kier molecular flexibility index (Phi) is 4.63. The quantitative estimate of drug-likeness (QED) is 0.591. The lowest BCUT2D eigenvalue weighted by Crippen LogP contribution is -2.16. The van der Waals surface area contributed by atoms with Crippen LogP contribution < -0.4 is 5.32 Å². The Morgan fingerprint density at radius 3 is 2.50 bits per heavy atom. The Hall–Kier alpha value is -0.790. The van der Waals surface area contributed by atoms with Crippen molar-refractivity contribution in [2.45, 2.75) is 26.8 Å². The van der Waals surface area contributed by atoms with Crippen molar-refractivity contribution in [2.24, 2.45) is 4.99 Å². The monoisotopic (exact) mass is 140 g/mol. The number of aliphatic imine (C=N–C) groups is 1. The second-order valence-corrected chi connectivity index (χ2v) is 2.60. The molecule has 10 heavy (non-hydrogen) atoms. The van der Waals surface area contributed by atoms with Crippen molar-refractivity contribution < 1.29 is 0 Å². The van der Waals surface area contributed by atoms with Crippen LogP contribution in [0.5, 0.6) is 0 Å². The molecule has 0 saturated heterocycles. The molecule has 0 bridgehead atoms. The molecule has 0 atom stereocenters. The van der Waals surface area contributed by atoms with E-state index in [1.165, 1.54) is 0 Å². The van der Waals surface area contributed by atoms with E-state index in [1.807, 2.05) is 19.3 Å². The Morgan fingerprint density at radius 2 is 2.10 bits per heavy atom. The van der Waals surface area contributed by atoms with E-state index in [0.29, 0.717) is 6.04 Å². The molecule has 0 saturated carbocycles. The highest BCUT2D eigenvalue weighted by Crippen LogP contribution is 1.85. The average Bonchev–Trinajstić information content (AvgIpc) is 1.85. The summed E-state index contributed by atoms with van der Waals surface area (Å²) in [4.78, 5) is 3.88. The van der Waals surface area contributed by atoms with Crippen molar-refractivity contribution in [1.82, 2.24) is 5.32 Å². The van der Waals surface area contributed by atoms with Crippen LogP contribution >= 0.6 is 0 Å². The zero-order valence-electron chi connectivity index (χ0n) is 7.18. The Bertz CT molecular complexity index is 134. The lowest BCUT2D eigenvalue weighted by atomic mass is 10.3. The zero-order chi connectivity index (χ0) is 7.98. The van der Waals surface area contributed by atoms with Gasteiger partial charge in [0, 0.05) is 25.5 Å². The zero-order valence-corrected chi connectivity index (χ0v) is 7.18. The first-order valence-corrected chi connectivity index (χ1v) is 3.51. The van der Waals surface area contributed by atoms with Crippen LogP contribution in [0.25, 0.3) is 0 Å². The van der Waals surface area contributed by atoms with Gasteiger partial charge in [0.05, 0.1) is 0 Å². The third kappa shape index (κ3) is 5.35. The van der Waals surface area contributed by atoms with E-state index >= 15 is 0 Å². The minimum Gasteiger partial charge on any atom is -0.388 e. The van der Waals surface area contributed by atoms with E-state index in [-0.39, 0.29) is 0 Å². The molecule has 0 radical (unpaired) electrons. The van der Waals surface area contributed by atoms with E-state index in [1.54, 1.807) is 7.05 Å². The van der Waals surface area contributed by atoms with Gasteiger partial charge in [-0.2, -0.15) is 0 Å². The van der Waals surface area contributed by atoms with Crippen molar-refractivity contribution in [3.05, 3.63) is 11.8 Å². The standard InChI is InChI=1S/C8H16N2/c1-7(2)10-6-8(3)5-9-4/h5-7,10H,1-4H3/b8-6-,9-5-. The Balaban J connectivity index is 3.68. The molecule has 0 aliphatic carbocycles. The van der Waals surface area contributed by atoms with Crippen molar-refractivity contribution in [2.75, 3.05) is 7.05 Å². The number of nitrogens with zero attached hydrogens (tertiary/aromatic N) is 1. The molecular weight excluding hydrogens is 124 g/mol. The molecule has 0 fully saturated rings.